The van der Waals surface area contributed by atoms with Gasteiger partial charge >= 0.3 is 0 Å². The molecule has 10 aromatic carbocycles. The molecule has 0 atom stereocenters. The van der Waals surface area contributed by atoms with Crippen LogP contribution in [0.5, 0.6) is 0 Å². The molecule has 0 unspecified atom stereocenters. The summed E-state index contributed by atoms with van der Waals surface area (Å²) in [5.41, 5.74) is 11.8. The number of nitrogens with zero attached hydrogens (tertiary/aromatic N) is 1. The third-order valence-corrected chi connectivity index (χ3v) is 14.0. The first-order valence-corrected chi connectivity index (χ1v) is 21.3. The number of hydrogen-bond donors (Lipinski definition) is 0. The highest BCUT2D eigenvalue weighted by molar-refractivity contribution is 7.26. The SMILES string of the molecule is c1cc(-c2cc(-c3cccc(-c4nc5ccccc5s4)c3)cc(-c3cccc4c3sc3ccccc34)c2)cc(-c2ccc3c4ccccc4c4ccccc4c3c2)c1. The summed E-state index contributed by atoms with van der Waals surface area (Å²) in [5, 5.41) is 11.4. The lowest BCUT2D eigenvalue weighted by molar-refractivity contribution is 1.47. The molecular formula is C55H33NS2. The van der Waals surface area contributed by atoms with Gasteiger partial charge in [0, 0.05) is 25.7 Å². The molecule has 58 heavy (non-hydrogen) atoms. The Morgan fingerprint density at radius 3 is 1.47 bits per heavy atom. The molecule has 2 heterocycles. The number of aromatic nitrogens is 1. The van der Waals surface area contributed by atoms with Gasteiger partial charge in [0.1, 0.15) is 5.01 Å². The quantitative estimate of drug-likeness (QED) is 0.159. The highest BCUT2D eigenvalue weighted by Crippen LogP contribution is 2.43. The van der Waals surface area contributed by atoms with Crippen molar-refractivity contribution in [1.82, 2.24) is 4.98 Å². The summed E-state index contributed by atoms with van der Waals surface area (Å²) >= 11 is 3.63. The van der Waals surface area contributed by atoms with Gasteiger partial charge in [-0.2, -0.15) is 0 Å². The van der Waals surface area contributed by atoms with E-state index >= 15 is 0 Å². The second-order valence-electron chi connectivity index (χ2n) is 15.1. The lowest BCUT2D eigenvalue weighted by Crippen LogP contribution is -1.88. The Morgan fingerprint density at radius 1 is 0.276 bits per heavy atom. The first kappa shape index (κ1) is 33.3. The number of hydrogen-bond acceptors (Lipinski definition) is 3. The van der Waals surface area contributed by atoms with Crippen LogP contribution in [0.15, 0.2) is 200 Å². The van der Waals surface area contributed by atoms with E-state index in [9.17, 15) is 0 Å². The van der Waals surface area contributed by atoms with E-state index in [0.717, 1.165) is 16.1 Å². The van der Waals surface area contributed by atoms with Crippen molar-refractivity contribution in [2.75, 3.05) is 0 Å². The second kappa shape index (κ2) is 13.3. The summed E-state index contributed by atoms with van der Waals surface area (Å²) in [7, 11) is 0. The zero-order chi connectivity index (χ0) is 38.2. The van der Waals surface area contributed by atoms with Gasteiger partial charge in [0.15, 0.2) is 0 Å². The summed E-state index contributed by atoms with van der Waals surface area (Å²) in [6, 6.07) is 73.6. The fourth-order valence-corrected chi connectivity index (χ4v) is 11.1. The first-order valence-electron chi connectivity index (χ1n) is 19.7. The number of rotatable bonds is 5. The minimum absolute atomic E-state index is 1.04. The van der Waals surface area contributed by atoms with Crippen molar-refractivity contribution in [2.45, 2.75) is 0 Å². The second-order valence-corrected chi connectivity index (χ2v) is 17.2. The van der Waals surface area contributed by atoms with Crippen molar-refractivity contribution in [3.8, 4) is 55.1 Å². The molecule has 12 aromatic rings. The first-order chi connectivity index (χ1) is 28.7. The molecule has 0 N–H and O–H groups in total. The van der Waals surface area contributed by atoms with E-state index in [1.165, 1.54) is 102 Å². The molecule has 0 fully saturated rings. The molecule has 0 bridgehead atoms. The van der Waals surface area contributed by atoms with E-state index < -0.39 is 0 Å². The number of fused-ring (bicyclic) bond motifs is 10. The predicted octanol–water partition coefficient (Wildman–Crippen LogP) is 16.5. The van der Waals surface area contributed by atoms with Gasteiger partial charge in [-0.15, -0.1) is 22.7 Å². The standard InChI is InChI=1S/C55H33NS2/c1-2-18-45-43(16-1)44-17-3-4-19-46(44)50-33-37(26-27-47(45)50)34-12-9-13-35(28-34)39-30-40(36-14-10-15-38(29-36)55-56-51-23-6-8-25-53(51)58-55)32-41(31-39)42-21-11-22-49-48-20-5-7-24-52(48)57-54(42)49/h1-33H. The van der Waals surface area contributed by atoms with E-state index in [-0.39, 0.29) is 0 Å². The van der Waals surface area contributed by atoms with Crippen LogP contribution in [0.3, 0.4) is 0 Å². The van der Waals surface area contributed by atoms with Crippen molar-refractivity contribution in [1.29, 1.82) is 0 Å². The predicted molar refractivity (Wildman–Crippen MR) is 252 cm³/mol. The van der Waals surface area contributed by atoms with E-state index in [1.54, 1.807) is 11.3 Å². The number of benzene rings is 10. The molecular weight excluding hydrogens is 739 g/mol. The molecule has 1 nitrogen and oxygen atoms in total. The normalized spacial score (nSPS) is 11.8. The lowest BCUT2D eigenvalue weighted by Gasteiger charge is -2.14. The topological polar surface area (TPSA) is 12.9 Å². The molecule has 0 amide bonds. The van der Waals surface area contributed by atoms with Gasteiger partial charge in [0.25, 0.3) is 0 Å². The Kier molecular flexibility index (Phi) is 7.65. The van der Waals surface area contributed by atoms with Crippen LogP contribution in [-0.2, 0) is 0 Å². The summed E-state index contributed by atoms with van der Waals surface area (Å²) in [5.74, 6) is 0. The van der Waals surface area contributed by atoms with Crippen LogP contribution >= 0.6 is 22.7 Å². The Morgan fingerprint density at radius 2 is 0.759 bits per heavy atom. The highest BCUT2D eigenvalue weighted by Gasteiger charge is 2.16. The minimum atomic E-state index is 1.04. The average molecular weight is 772 g/mol. The molecule has 0 aliphatic heterocycles. The Balaban J connectivity index is 1.03. The summed E-state index contributed by atoms with van der Waals surface area (Å²) in [6.07, 6.45) is 0. The molecule has 0 aliphatic carbocycles. The molecule has 0 aliphatic rings. The number of thiophene rings is 1. The largest absolute Gasteiger partial charge is 0.236 e. The van der Waals surface area contributed by atoms with Crippen LogP contribution in [0.2, 0.25) is 0 Å². The van der Waals surface area contributed by atoms with Gasteiger partial charge in [-0.05, 0) is 131 Å². The van der Waals surface area contributed by atoms with Gasteiger partial charge < -0.3 is 0 Å². The van der Waals surface area contributed by atoms with Crippen LogP contribution in [0.1, 0.15) is 0 Å². The maximum Gasteiger partial charge on any atom is 0.124 e. The van der Waals surface area contributed by atoms with E-state index in [2.05, 4.69) is 200 Å². The number of para-hydroxylation sites is 1. The zero-order valence-corrected chi connectivity index (χ0v) is 32.9. The van der Waals surface area contributed by atoms with Gasteiger partial charge in [-0.25, -0.2) is 4.98 Å². The van der Waals surface area contributed by atoms with E-state index in [1.807, 2.05) is 11.3 Å². The third-order valence-electron chi connectivity index (χ3n) is 11.7. The molecule has 12 rings (SSSR count). The summed E-state index contributed by atoms with van der Waals surface area (Å²) < 4.78 is 3.84. The minimum Gasteiger partial charge on any atom is -0.236 e. The fraction of sp³-hybridized carbons (Fsp3) is 0. The fourth-order valence-electron chi connectivity index (χ4n) is 8.88. The van der Waals surface area contributed by atoms with Crippen molar-refractivity contribution >= 4 is 85.4 Å². The smallest absolute Gasteiger partial charge is 0.124 e. The molecule has 0 radical (unpaired) electrons. The maximum atomic E-state index is 5.01. The average Bonchev–Trinajstić information content (AvgIpc) is 3.91. The molecule has 0 saturated heterocycles. The van der Waals surface area contributed by atoms with E-state index in [4.69, 9.17) is 4.98 Å². The van der Waals surface area contributed by atoms with Crippen molar-refractivity contribution in [3.63, 3.8) is 0 Å². The van der Waals surface area contributed by atoms with Gasteiger partial charge in [0.2, 0.25) is 0 Å². The van der Waals surface area contributed by atoms with Crippen LogP contribution < -0.4 is 0 Å². The van der Waals surface area contributed by atoms with Crippen LogP contribution in [0, 0.1) is 0 Å². The molecule has 0 spiro atoms. The highest BCUT2D eigenvalue weighted by atomic mass is 32.1. The van der Waals surface area contributed by atoms with Crippen LogP contribution in [0.4, 0.5) is 0 Å². The van der Waals surface area contributed by atoms with Gasteiger partial charge in [-0.1, -0.05) is 146 Å². The van der Waals surface area contributed by atoms with E-state index in [0.29, 0.717) is 0 Å². The summed E-state index contributed by atoms with van der Waals surface area (Å²) in [6.45, 7) is 0. The molecule has 2 aromatic heterocycles. The molecule has 3 heteroatoms. The van der Waals surface area contributed by atoms with Crippen LogP contribution in [0.25, 0.3) is 118 Å². The van der Waals surface area contributed by atoms with Crippen LogP contribution in [-0.4, -0.2) is 4.98 Å². The Bertz CT molecular complexity index is 3520. The monoisotopic (exact) mass is 771 g/mol. The van der Waals surface area contributed by atoms with Gasteiger partial charge in [-0.3, -0.25) is 0 Å². The lowest BCUT2D eigenvalue weighted by atomic mass is 9.90. The van der Waals surface area contributed by atoms with Crippen molar-refractivity contribution in [3.05, 3.63) is 200 Å². The number of thiazole rings is 1. The molecule has 0 saturated carbocycles. The van der Waals surface area contributed by atoms with Gasteiger partial charge in [0.05, 0.1) is 10.2 Å². The molecule has 270 valence electrons. The zero-order valence-electron chi connectivity index (χ0n) is 31.3. The summed E-state index contributed by atoms with van der Waals surface area (Å²) in [4.78, 5) is 5.01. The maximum absolute atomic E-state index is 5.01. The van der Waals surface area contributed by atoms with Crippen molar-refractivity contribution in [2.24, 2.45) is 0 Å². The van der Waals surface area contributed by atoms with Crippen molar-refractivity contribution < 1.29 is 0 Å². The Labute approximate surface area is 343 Å². The third kappa shape index (κ3) is 5.47. The Hall–Kier alpha value is -6.91.